The number of aromatic nitrogens is 1. The molecule has 0 saturated heterocycles. The second kappa shape index (κ2) is 8.02. The Morgan fingerprint density at radius 2 is 1.59 bits per heavy atom. The van der Waals surface area contributed by atoms with E-state index in [0.717, 1.165) is 17.0 Å². The lowest BCUT2D eigenvalue weighted by atomic mass is 10.1. The molecule has 2 nitrogen and oxygen atoms in total. The van der Waals surface area contributed by atoms with Crippen LogP contribution in [0.15, 0.2) is 97.3 Å². The van der Waals surface area contributed by atoms with Gasteiger partial charge in [-0.1, -0.05) is 30.3 Å². The molecule has 0 bridgehead atoms. The number of allylic oxidation sites excluding steroid dienone is 1. The Hall–Kier alpha value is -3.17. The normalized spacial score (nSPS) is 11.1. The number of carbonyl (C=O) groups is 1. The van der Waals surface area contributed by atoms with Crippen LogP contribution >= 0.6 is 11.3 Å². The van der Waals surface area contributed by atoms with Gasteiger partial charge in [-0.15, -0.1) is 11.3 Å². The largest absolute Gasteiger partial charge is 0.324 e. The lowest BCUT2D eigenvalue weighted by molar-refractivity contribution is 0.104. The predicted molar refractivity (Wildman–Crippen MR) is 113 cm³/mol. The van der Waals surface area contributed by atoms with Gasteiger partial charge in [0.15, 0.2) is 5.78 Å². The lowest BCUT2D eigenvalue weighted by Gasteiger charge is -2.03. The SMILES string of the molecule is O=C(/C=C/c1ccc(Cc2ccccc2)s1)c1ccc(-n2cccc2)cc1. The Bertz CT molecular complexity index is 1040. The predicted octanol–water partition coefficient (Wildman–Crippen LogP) is 6.03. The standard InChI is InChI=1S/C24H19NOS/c26-24(20-8-10-21(11-9-20)25-16-4-5-17-25)15-14-22-12-13-23(27-22)18-19-6-2-1-3-7-19/h1-17H,18H2/b15-14+. The molecule has 4 aromatic rings. The average molecular weight is 369 g/mol. The highest BCUT2D eigenvalue weighted by Gasteiger charge is 2.04. The number of hydrogen-bond acceptors (Lipinski definition) is 2. The molecule has 0 radical (unpaired) electrons. The van der Waals surface area contributed by atoms with Crippen LogP contribution < -0.4 is 0 Å². The van der Waals surface area contributed by atoms with Crippen LogP contribution in [-0.4, -0.2) is 10.4 Å². The van der Waals surface area contributed by atoms with Crippen molar-refractivity contribution in [1.82, 2.24) is 4.57 Å². The minimum atomic E-state index is 0.0204. The number of thiophene rings is 1. The Morgan fingerprint density at radius 1 is 0.852 bits per heavy atom. The van der Waals surface area contributed by atoms with E-state index in [2.05, 4.69) is 36.4 Å². The number of rotatable bonds is 6. The summed E-state index contributed by atoms with van der Waals surface area (Å²) >= 11 is 1.72. The van der Waals surface area contributed by atoms with Crippen LogP contribution in [0.25, 0.3) is 11.8 Å². The highest BCUT2D eigenvalue weighted by molar-refractivity contribution is 7.12. The molecule has 0 fully saturated rings. The van der Waals surface area contributed by atoms with Gasteiger partial charge >= 0.3 is 0 Å². The summed E-state index contributed by atoms with van der Waals surface area (Å²) in [7, 11) is 0. The number of nitrogens with zero attached hydrogens (tertiary/aromatic N) is 1. The zero-order chi connectivity index (χ0) is 18.5. The molecule has 27 heavy (non-hydrogen) atoms. The van der Waals surface area contributed by atoms with Crippen LogP contribution in [0.4, 0.5) is 0 Å². The molecule has 0 spiro atoms. The molecule has 132 valence electrons. The third kappa shape index (κ3) is 4.33. The maximum absolute atomic E-state index is 12.4. The summed E-state index contributed by atoms with van der Waals surface area (Å²) in [6, 6.07) is 26.3. The van der Waals surface area contributed by atoms with Crippen molar-refractivity contribution in [1.29, 1.82) is 0 Å². The van der Waals surface area contributed by atoms with Gasteiger partial charge in [0.2, 0.25) is 0 Å². The van der Waals surface area contributed by atoms with Gasteiger partial charge in [-0.3, -0.25) is 4.79 Å². The maximum atomic E-state index is 12.4. The van der Waals surface area contributed by atoms with Gasteiger partial charge < -0.3 is 4.57 Å². The zero-order valence-electron chi connectivity index (χ0n) is 14.8. The summed E-state index contributed by atoms with van der Waals surface area (Å²) in [5, 5.41) is 0. The third-order valence-corrected chi connectivity index (χ3v) is 5.41. The van der Waals surface area contributed by atoms with Crippen molar-refractivity contribution in [3.05, 3.63) is 118 Å². The van der Waals surface area contributed by atoms with Crippen molar-refractivity contribution in [3.63, 3.8) is 0 Å². The first-order valence-corrected chi connectivity index (χ1v) is 9.68. The summed E-state index contributed by atoms with van der Waals surface area (Å²) in [6.45, 7) is 0. The molecule has 0 aliphatic carbocycles. The highest BCUT2D eigenvalue weighted by Crippen LogP contribution is 2.21. The second-order valence-corrected chi connectivity index (χ2v) is 7.50. The molecule has 0 aliphatic heterocycles. The van der Waals surface area contributed by atoms with Crippen molar-refractivity contribution < 1.29 is 4.79 Å². The first kappa shape index (κ1) is 17.3. The van der Waals surface area contributed by atoms with Gasteiger partial charge in [0.25, 0.3) is 0 Å². The van der Waals surface area contributed by atoms with Gasteiger partial charge in [0, 0.05) is 39.8 Å². The van der Waals surface area contributed by atoms with E-state index >= 15 is 0 Å². The Balaban J connectivity index is 1.41. The van der Waals surface area contributed by atoms with E-state index in [1.165, 1.54) is 10.4 Å². The summed E-state index contributed by atoms with van der Waals surface area (Å²) in [5.74, 6) is 0.0204. The Morgan fingerprint density at radius 3 is 2.33 bits per heavy atom. The van der Waals surface area contributed by atoms with E-state index in [0.29, 0.717) is 5.56 Å². The molecule has 0 saturated carbocycles. The molecule has 2 heterocycles. The first-order chi connectivity index (χ1) is 13.3. The van der Waals surface area contributed by atoms with Crippen LogP contribution in [0.1, 0.15) is 25.7 Å². The number of hydrogen-bond donors (Lipinski definition) is 0. The van der Waals surface area contributed by atoms with E-state index in [1.54, 1.807) is 17.4 Å². The van der Waals surface area contributed by atoms with Crippen LogP contribution in [0.2, 0.25) is 0 Å². The Kier molecular flexibility index (Phi) is 5.13. The fraction of sp³-hybridized carbons (Fsp3) is 0.0417. The van der Waals surface area contributed by atoms with Gasteiger partial charge in [-0.25, -0.2) is 0 Å². The number of carbonyl (C=O) groups excluding carboxylic acids is 1. The van der Waals surface area contributed by atoms with Crippen LogP contribution in [0.5, 0.6) is 0 Å². The van der Waals surface area contributed by atoms with E-state index in [9.17, 15) is 4.79 Å². The monoisotopic (exact) mass is 369 g/mol. The average Bonchev–Trinajstić information content (AvgIpc) is 3.39. The van der Waals surface area contributed by atoms with Crippen LogP contribution in [0, 0.1) is 0 Å². The minimum Gasteiger partial charge on any atom is -0.324 e. The number of ketones is 1. The maximum Gasteiger partial charge on any atom is 0.185 e. The van der Waals surface area contributed by atoms with E-state index in [-0.39, 0.29) is 5.78 Å². The molecule has 2 aromatic carbocycles. The number of benzene rings is 2. The highest BCUT2D eigenvalue weighted by atomic mass is 32.1. The van der Waals surface area contributed by atoms with Crippen molar-refractivity contribution in [2.24, 2.45) is 0 Å². The molecule has 0 unspecified atom stereocenters. The van der Waals surface area contributed by atoms with Gasteiger partial charge in [-0.05, 0) is 66.2 Å². The van der Waals surface area contributed by atoms with Crippen LogP contribution in [-0.2, 0) is 6.42 Å². The van der Waals surface area contributed by atoms with Crippen molar-refractivity contribution >= 4 is 23.2 Å². The van der Waals surface area contributed by atoms with Crippen molar-refractivity contribution in [2.75, 3.05) is 0 Å². The van der Waals surface area contributed by atoms with Crippen molar-refractivity contribution in [3.8, 4) is 5.69 Å². The fourth-order valence-corrected chi connectivity index (χ4v) is 3.88. The molecule has 0 aliphatic rings. The molecule has 4 rings (SSSR count). The molecular weight excluding hydrogens is 350 g/mol. The molecule has 0 N–H and O–H groups in total. The van der Waals surface area contributed by atoms with Gasteiger partial charge in [0.1, 0.15) is 0 Å². The molecular formula is C24H19NOS. The topological polar surface area (TPSA) is 22.0 Å². The van der Waals surface area contributed by atoms with Gasteiger partial charge in [-0.2, -0.15) is 0 Å². The van der Waals surface area contributed by atoms with E-state index in [4.69, 9.17) is 0 Å². The third-order valence-electron chi connectivity index (χ3n) is 4.36. The summed E-state index contributed by atoms with van der Waals surface area (Å²) in [5.41, 5.74) is 3.04. The minimum absolute atomic E-state index is 0.0204. The fourth-order valence-electron chi connectivity index (χ4n) is 2.93. The van der Waals surface area contributed by atoms with Crippen LogP contribution in [0.3, 0.4) is 0 Å². The zero-order valence-corrected chi connectivity index (χ0v) is 15.6. The van der Waals surface area contributed by atoms with Gasteiger partial charge in [0.05, 0.1) is 0 Å². The Labute approximate surface area is 163 Å². The lowest BCUT2D eigenvalue weighted by Crippen LogP contribution is -1.95. The quantitative estimate of drug-likeness (QED) is 0.301. The first-order valence-electron chi connectivity index (χ1n) is 8.86. The van der Waals surface area contributed by atoms with E-state index in [1.807, 2.05) is 65.5 Å². The molecule has 2 aromatic heterocycles. The summed E-state index contributed by atoms with van der Waals surface area (Å²) < 4.78 is 2.02. The van der Waals surface area contributed by atoms with Crippen molar-refractivity contribution in [2.45, 2.75) is 6.42 Å². The second-order valence-electron chi connectivity index (χ2n) is 6.30. The summed E-state index contributed by atoms with van der Waals surface area (Å²) in [6.07, 6.45) is 8.46. The van der Waals surface area contributed by atoms with E-state index < -0.39 is 0 Å². The summed E-state index contributed by atoms with van der Waals surface area (Å²) in [4.78, 5) is 14.8. The smallest absolute Gasteiger partial charge is 0.185 e. The molecule has 3 heteroatoms. The molecule has 0 amide bonds. The molecule has 0 atom stereocenters.